The number of hydrogen-bond acceptors (Lipinski definition) is 2. The van der Waals surface area contributed by atoms with Crippen molar-refractivity contribution in [1.82, 2.24) is 10.2 Å². The molecule has 1 N–H and O–H groups in total. The zero-order valence-electron chi connectivity index (χ0n) is 8.55. The van der Waals surface area contributed by atoms with Crippen LogP contribution in [0.25, 0.3) is 0 Å². The number of carbonyl (C=O) groups is 2. The van der Waals surface area contributed by atoms with E-state index in [4.69, 9.17) is 0 Å². The SMILES string of the molecule is C=CC(=O)NC(C)(C)C(=O)N(C)C. The third kappa shape index (κ3) is 3.27. The number of carbonyl (C=O) groups excluding carboxylic acids is 2. The van der Waals surface area contributed by atoms with Crippen molar-refractivity contribution in [2.24, 2.45) is 0 Å². The molecule has 0 aliphatic carbocycles. The molecular weight excluding hydrogens is 168 g/mol. The van der Waals surface area contributed by atoms with E-state index in [-0.39, 0.29) is 11.8 Å². The van der Waals surface area contributed by atoms with Crippen molar-refractivity contribution in [3.05, 3.63) is 12.7 Å². The van der Waals surface area contributed by atoms with Crippen LogP contribution in [-0.4, -0.2) is 36.3 Å². The standard InChI is InChI=1S/C9H16N2O2/c1-6-7(12)10-9(2,3)8(13)11(4)5/h6H,1H2,2-5H3,(H,10,12). The maximum atomic E-state index is 11.5. The quantitative estimate of drug-likeness (QED) is 0.635. The Labute approximate surface area is 78.6 Å². The average molecular weight is 184 g/mol. The van der Waals surface area contributed by atoms with Crippen molar-refractivity contribution >= 4 is 11.8 Å². The van der Waals surface area contributed by atoms with E-state index in [2.05, 4.69) is 11.9 Å². The van der Waals surface area contributed by atoms with Gasteiger partial charge in [0, 0.05) is 14.1 Å². The molecule has 0 aromatic rings. The van der Waals surface area contributed by atoms with Crippen LogP contribution in [0.15, 0.2) is 12.7 Å². The Bertz CT molecular complexity index is 232. The molecule has 0 unspecified atom stereocenters. The Morgan fingerprint density at radius 1 is 1.38 bits per heavy atom. The highest BCUT2D eigenvalue weighted by molar-refractivity contribution is 5.94. The third-order valence-corrected chi connectivity index (χ3v) is 1.56. The number of nitrogens with zero attached hydrogens (tertiary/aromatic N) is 1. The molecule has 0 aliphatic rings. The Morgan fingerprint density at radius 2 is 1.85 bits per heavy atom. The molecule has 0 rings (SSSR count). The van der Waals surface area contributed by atoms with Gasteiger partial charge in [-0.2, -0.15) is 0 Å². The lowest BCUT2D eigenvalue weighted by molar-refractivity contribution is -0.137. The first-order chi connectivity index (χ1) is 5.81. The minimum Gasteiger partial charge on any atom is -0.347 e. The summed E-state index contributed by atoms with van der Waals surface area (Å²) >= 11 is 0. The summed E-state index contributed by atoms with van der Waals surface area (Å²) < 4.78 is 0. The van der Waals surface area contributed by atoms with Gasteiger partial charge in [-0.15, -0.1) is 0 Å². The van der Waals surface area contributed by atoms with E-state index in [0.717, 1.165) is 6.08 Å². The second-order valence-corrected chi connectivity index (χ2v) is 3.52. The molecule has 2 amide bonds. The molecule has 0 radical (unpaired) electrons. The maximum absolute atomic E-state index is 11.5. The van der Waals surface area contributed by atoms with E-state index in [0.29, 0.717) is 0 Å². The van der Waals surface area contributed by atoms with Crippen molar-refractivity contribution in [2.45, 2.75) is 19.4 Å². The molecule has 0 saturated carbocycles. The lowest BCUT2D eigenvalue weighted by Crippen LogP contribution is -2.53. The predicted octanol–water partition coefficient (Wildman–Crippen LogP) is 0.155. The van der Waals surface area contributed by atoms with Crippen LogP contribution in [0.3, 0.4) is 0 Å². The van der Waals surface area contributed by atoms with Gasteiger partial charge in [-0.3, -0.25) is 9.59 Å². The molecule has 13 heavy (non-hydrogen) atoms. The Kier molecular flexibility index (Phi) is 3.66. The summed E-state index contributed by atoms with van der Waals surface area (Å²) in [5, 5.41) is 2.54. The molecule has 0 aromatic carbocycles. The summed E-state index contributed by atoms with van der Waals surface area (Å²) in [5.41, 5.74) is -0.880. The van der Waals surface area contributed by atoms with Gasteiger partial charge < -0.3 is 10.2 Å². The monoisotopic (exact) mass is 184 g/mol. The molecule has 0 saturated heterocycles. The van der Waals surface area contributed by atoms with E-state index in [1.54, 1.807) is 27.9 Å². The van der Waals surface area contributed by atoms with Crippen LogP contribution in [0, 0.1) is 0 Å². The van der Waals surface area contributed by atoms with E-state index >= 15 is 0 Å². The van der Waals surface area contributed by atoms with Crippen LogP contribution in [0.1, 0.15) is 13.8 Å². The molecule has 0 heterocycles. The van der Waals surface area contributed by atoms with Crippen molar-refractivity contribution in [2.75, 3.05) is 14.1 Å². The fourth-order valence-corrected chi connectivity index (χ4v) is 0.972. The summed E-state index contributed by atoms with van der Waals surface area (Å²) in [6.07, 6.45) is 1.14. The molecule has 0 aromatic heterocycles. The first-order valence-corrected chi connectivity index (χ1v) is 3.97. The van der Waals surface area contributed by atoms with E-state index in [1.807, 2.05) is 0 Å². The van der Waals surface area contributed by atoms with Crippen molar-refractivity contribution in [1.29, 1.82) is 0 Å². The first-order valence-electron chi connectivity index (χ1n) is 3.97. The van der Waals surface area contributed by atoms with Crippen molar-refractivity contribution in [3.8, 4) is 0 Å². The van der Waals surface area contributed by atoms with Crippen molar-refractivity contribution in [3.63, 3.8) is 0 Å². The van der Waals surface area contributed by atoms with Crippen LogP contribution >= 0.6 is 0 Å². The normalized spacial score (nSPS) is 10.5. The van der Waals surface area contributed by atoms with Gasteiger partial charge in [0.25, 0.3) is 0 Å². The molecule has 0 atom stereocenters. The van der Waals surface area contributed by atoms with Gasteiger partial charge >= 0.3 is 0 Å². The fraction of sp³-hybridized carbons (Fsp3) is 0.556. The predicted molar refractivity (Wildman–Crippen MR) is 51.1 cm³/mol. The Morgan fingerprint density at radius 3 is 2.15 bits per heavy atom. The molecule has 4 nitrogen and oxygen atoms in total. The smallest absolute Gasteiger partial charge is 0.247 e. The van der Waals surface area contributed by atoms with Crippen LogP contribution in [0.5, 0.6) is 0 Å². The summed E-state index contributed by atoms with van der Waals surface area (Å²) in [5.74, 6) is -0.497. The van der Waals surface area contributed by atoms with E-state index in [1.165, 1.54) is 4.90 Å². The first kappa shape index (κ1) is 11.7. The van der Waals surface area contributed by atoms with Crippen LogP contribution < -0.4 is 5.32 Å². The Hall–Kier alpha value is -1.32. The number of hydrogen-bond donors (Lipinski definition) is 1. The van der Waals surface area contributed by atoms with E-state index < -0.39 is 5.54 Å². The number of nitrogens with one attached hydrogen (secondary N) is 1. The van der Waals surface area contributed by atoms with Crippen LogP contribution in [0.2, 0.25) is 0 Å². The minimum absolute atomic E-state index is 0.150. The zero-order chi connectivity index (χ0) is 10.6. The highest BCUT2D eigenvalue weighted by Crippen LogP contribution is 2.05. The molecular formula is C9H16N2O2. The van der Waals surface area contributed by atoms with Gasteiger partial charge in [0.05, 0.1) is 0 Å². The molecule has 0 aliphatic heterocycles. The van der Waals surface area contributed by atoms with E-state index in [9.17, 15) is 9.59 Å². The average Bonchev–Trinajstić information content (AvgIpc) is 2.01. The van der Waals surface area contributed by atoms with Gasteiger partial charge in [0.1, 0.15) is 5.54 Å². The maximum Gasteiger partial charge on any atom is 0.247 e. The summed E-state index contributed by atoms with van der Waals surface area (Å²) in [7, 11) is 3.29. The highest BCUT2D eigenvalue weighted by Gasteiger charge is 2.29. The largest absolute Gasteiger partial charge is 0.347 e. The fourth-order valence-electron chi connectivity index (χ4n) is 0.972. The number of rotatable bonds is 3. The second-order valence-electron chi connectivity index (χ2n) is 3.52. The molecule has 0 bridgehead atoms. The van der Waals surface area contributed by atoms with Crippen LogP contribution in [0.4, 0.5) is 0 Å². The molecule has 74 valence electrons. The Balaban J connectivity index is 4.47. The minimum atomic E-state index is -0.880. The number of likely N-dealkylation sites (N-methyl/N-ethyl adjacent to an activating group) is 1. The lowest BCUT2D eigenvalue weighted by Gasteiger charge is -2.27. The molecule has 0 fully saturated rings. The zero-order valence-corrected chi connectivity index (χ0v) is 8.55. The van der Waals surface area contributed by atoms with Gasteiger partial charge in [-0.25, -0.2) is 0 Å². The molecule has 4 heteroatoms. The summed E-state index contributed by atoms with van der Waals surface area (Å²) in [4.78, 5) is 23.9. The third-order valence-electron chi connectivity index (χ3n) is 1.56. The summed E-state index contributed by atoms with van der Waals surface area (Å²) in [6.45, 7) is 6.61. The topological polar surface area (TPSA) is 49.4 Å². The van der Waals surface area contributed by atoms with Gasteiger partial charge in [0.2, 0.25) is 11.8 Å². The van der Waals surface area contributed by atoms with Gasteiger partial charge in [0.15, 0.2) is 0 Å². The van der Waals surface area contributed by atoms with Gasteiger partial charge in [-0.05, 0) is 19.9 Å². The number of amides is 2. The van der Waals surface area contributed by atoms with Crippen LogP contribution in [-0.2, 0) is 9.59 Å². The molecule has 0 spiro atoms. The highest BCUT2D eigenvalue weighted by atomic mass is 16.2. The summed E-state index contributed by atoms with van der Waals surface area (Å²) in [6, 6.07) is 0. The lowest BCUT2D eigenvalue weighted by atomic mass is 10.0. The van der Waals surface area contributed by atoms with Crippen molar-refractivity contribution < 1.29 is 9.59 Å². The second kappa shape index (κ2) is 4.07. The van der Waals surface area contributed by atoms with Gasteiger partial charge in [-0.1, -0.05) is 6.58 Å².